The van der Waals surface area contributed by atoms with Crippen LogP contribution in [0.3, 0.4) is 0 Å². The second-order valence-electron chi connectivity index (χ2n) is 5.11. The highest BCUT2D eigenvalue weighted by molar-refractivity contribution is 5.77. The Balaban J connectivity index is 2.59. The van der Waals surface area contributed by atoms with Crippen molar-refractivity contribution in [3.8, 4) is 0 Å². The van der Waals surface area contributed by atoms with Gasteiger partial charge in [0.05, 0.1) is 6.10 Å². The summed E-state index contributed by atoms with van der Waals surface area (Å²) in [5, 5.41) is 9.59. The summed E-state index contributed by atoms with van der Waals surface area (Å²) in [6.07, 6.45) is 3.98. The minimum Gasteiger partial charge on any atom is -0.391 e. The number of unbranched alkanes of at least 4 members (excludes halogenated alkanes) is 1. The Morgan fingerprint density at radius 1 is 1.53 bits per heavy atom. The first-order valence-corrected chi connectivity index (χ1v) is 5.96. The van der Waals surface area contributed by atoms with E-state index in [0.717, 1.165) is 25.7 Å². The zero-order valence-electron chi connectivity index (χ0n) is 10.1. The van der Waals surface area contributed by atoms with Crippen LogP contribution in [-0.2, 0) is 4.79 Å². The van der Waals surface area contributed by atoms with Gasteiger partial charge in [0.15, 0.2) is 0 Å². The average Bonchev–Trinajstić information content (AvgIpc) is 2.18. The van der Waals surface area contributed by atoms with Gasteiger partial charge in [-0.15, -0.1) is 0 Å². The Hall–Kier alpha value is -0.570. The number of carbonyl (C=O) groups excluding carboxylic acids is 1. The highest BCUT2D eigenvalue weighted by Gasteiger charge is 2.35. The van der Waals surface area contributed by atoms with Crippen molar-refractivity contribution in [3.63, 3.8) is 0 Å². The molecule has 1 saturated heterocycles. The number of β-amino-alcohol motifs (C(OH)–C–C–N with tert-alkyl or cyclic N) is 1. The highest BCUT2D eigenvalue weighted by atomic mass is 16.3. The van der Waals surface area contributed by atoms with Gasteiger partial charge in [0, 0.05) is 18.5 Å². The van der Waals surface area contributed by atoms with Crippen LogP contribution in [0.4, 0.5) is 0 Å². The maximum atomic E-state index is 11.9. The maximum Gasteiger partial charge on any atom is 0.223 e. The van der Waals surface area contributed by atoms with Gasteiger partial charge in [0.2, 0.25) is 5.91 Å². The molecule has 3 heteroatoms. The fourth-order valence-electron chi connectivity index (χ4n) is 2.11. The molecule has 1 aliphatic heterocycles. The monoisotopic (exact) mass is 213 g/mol. The van der Waals surface area contributed by atoms with E-state index in [-0.39, 0.29) is 17.6 Å². The molecule has 1 atom stereocenters. The van der Waals surface area contributed by atoms with Crippen molar-refractivity contribution < 1.29 is 9.90 Å². The van der Waals surface area contributed by atoms with Gasteiger partial charge in [-0.05, 0) is 33.1 Å². The van der Waals surface area contributed by atoms with E-state index in [4.69, 9.17) is 0 Å². The summed E-state index contributed by atoms with van der Waals surface area (Å²) in [6.45, 7) is 6.77. The van der Waals surface area contributed by atoms with E-state index in [2.05, 4.69) is 20.8 Å². The number of aliphatic hydroxyl groups excluding tert-OH is 1. The molecular weight excluding hydrogens is 190 g/mol. The third kappa shape index (κ3) is 3.20. The van der Waals surface area contributed by atoms with E-state index < -0.39 is 0 Å². The minimum absolute atomic E-state index is 0.0793. The number of likely N-dealkylation sites (tertiary alicyclic amines) is 1. The Morgan fingerprint density at radius 3 is 2.80 bits per heavy atom. The zero-order chi connectivity index (χ0) is 11.5. The van der Waals surface area contributed by atoms with Crippen LogP contribution in [0.25, 0.3) is 0 Å². The lowest BCUT2D eigenvalue weighted by molar-refractivity contribution is -0.142. The van der Waals surface area contributed by atoms with Crippen LogP contribution in [0.1, 0.15) is 52.9 Å². The minimum atomic E-state index is -0.330. The van der Waals surface area contributed by atoms with E-state index in [1.165, 1.54) is 0 Å². The van der Waals surface area contributed by atoms with Crippen LogP contribution in [0.5, 0.6) is 0 Å². The molecule has 1 fully saturated rings. The summed E-state index contributed by atoms with van der Waals surface area (Å²) < 4.78 is 0. The first kappa shape index (κ1) is 12.5. The summed E-state index contributed by atoms with van der Waals surface area (Å²) in [5.74, 6) is 0.195. The second-order valence-corrected chi connectivity index (χ2v) is 5.11. The maximum absolute atomic E-state index is 11.9. The summed E-state index contributed by atoms with van der Waals surface area (Å²) in [6, 6.07) is 0. The van der Waals surface area contributed by atoms with Crippen molar-refractivity contribution in [2.75, 3.05) is 6.54 Å². The van der Waals surface area contributed by atoms with Crippen molar-refractivity contribution in [1.82, 2.24) is 4.90 Å². The summed E-state index contributed by atoms with van der Waals surface area (Å²) in [5.41, 5.74) is -0.0793. The van der Waals surface area contributed by atoms with E-state index in [1.807, 2.05) is 4.90 Å². The molecule has 1 amide bonds. The predicted molar refractivity (Wildman–Crippen MR) is 60.6 cm³/mol. The molecule has 0 aromatic rings. The van der Waals surface area contributed by atoms with Crippen molar-refractivity contribution in [1.29, 1.82) is 0 Å². The fourth-order valence-corrected chi connectivity index (χ4v) is 2.11. The summed E-state index contributed by atoms with van der Waals surface area (Å²) in [4.78, 5) is 13.8. The number of hydrogen-bond acceptors (Lipinski definition) is 2. The standard InChI is InChI=1S/C12H23NO2/c1-4-5-6-11(15)13-9-10(14)7-8-12(13,2)3/h10,14H,4-9H2,1-3H3. The summed E-state index contributed by atoms with van der Waals surface area (Å²) >= 11 is 0. The van der Waals surface area contributed by atoms with Crippen LogP contribution in [0.15, 0.2) is 0 Å². The average molecular weight is 213 g/mol. The Labute approximate surface area is 92.5 Å². The molecule has 0 bridgehead atoms. The van der Waals surface area contributed by atoms with Crippen molar-refractivity contribution >= 4 is 5.91 Å². The quantitative estimate of drug-likeness (QED) is 0.778. The number of piperidine rings is 1. The number of amides is 1. The van der Waals surface area contributed by atoms with Crippen LogP contribution in [0, 0.1) is 0 Å². The molecule has 15 heavy (non-hydrogen) atoms. The third-order valence-corrected chi connectivity index (χ3v) is 3.26. The Morgan fingerprint density at radius 2 is 2.20 bits per heavy atom. The number of aliphatic hydroxyl groups is 1. The summed E-state index contributed by atoms with van der Waals surface area (Å²) in [7, 11) is 0. The van der Waals surface area contributed by atoms with Crippen molar-refractivity contribution in [2.24, 2.45) is 0 Å². The molecule has 1 unspecified atom stereocenters. The molecule has 0 spiro atoms. The van der Waals surface area contributed by atoms with E-state index in [9.17, 15) is 9.90 Å². The number of nitrogens with zero attached hydrogens (tertiary/aromatic N) is 1. The van der Waals surface area contributed by atoms with Crippen LogP contribution >= 0.6 is 0 Å². The van der Waals surface area contributed by atoms with Crippen molar-refractivity contribution in [3.05, 3.63) is 0 Å². The van der Waals surface area contributed by atoms with Gasteiger partial charge in [-0.2, -0.15) is 0 Å². The Kier molecular flexibility index (Phi) is 4.14. The molecule has 0 saturated carbocycles. The fraction of sp³-hybridized carbons (Fsp3) is 0.917. The first-order chi connectivity index (χ1) is 6.97. The largest absolute Gasteiger partial charge is 0.391 e. The van der Waals surface area contributed by atoms with Gasteiger partial charge in [-0.1, -0.05) is 13.3 Å². The van der Waals surface area contributed by atoms with E-state index >= 15 is 0 Å². The molecule has 1 rings (SSSR count). The first-order valence-electron chi connectivity index (χ1n) is 5.96. The predicted octanol–water partition coefficient (Wildman–Crippen LogP) is 1.94. The molecule has 1 aliphatic rings. The zero-order valence-corrected chi connectivity index (χ0v) is 10.1. The van der Waals surface area contributed by atoms with Gasteiger partial charge in [0.25, 0.3) is 0 Å². The lowest BCUT2D eigenvalue weighted by Crippen LogP contribution is -2.54. The SMILES string of the molecule is CCCCC(=O)N1CC(O)CCC1(C)C. The third-order valence-electron chi connectivity index (χ3n) is 3.26. The molecular formula is C12H23NO2. The molecule has 0 aliphatic carbocycles. The topological polar surface area (TPSA) is 40.5 Å². The Bertz CT molecular complexity index is 226. The smallest absolute Gasteiger partial charge is 0.223 e. The number of hydrogen-bond donors (Lipinski definition) is 1. The lowest BCUT2D eigenvalue weighted by Gasteiger charge is -2.44. The van der Waals surface area contributed by atoms with E-state index in [0.29, 0.717) is 13.0 Å². The molecule has 1 heterocycles. The molecule has 0 aromatic carbocycles. The lowest BCUT2D eigenvalue weighted by atomic mass is 9.88. The van der Waals surface area contributed by atoms with Gasteiger partial charge < -0.3 is 10.0 Å². The van der Waals surface area contributed by atoms with Gasteiger partial charge in [-0.25, -0.2) is 0 Å². The van der Waals surface area contributed by atoms with Gasteiger partial charge in [-0.3, -0.25) is 4.79 Å². The van der Waals surface area contributed by atoms with Crippen LogP contribution in [0.2, 0.25) is 0 Å². The van der Waals surface area contributed by atoms with Crippen LogP contribution < -0.4 is 0 Å². The molecule has 3 nitrogen and oxygen atoms in total. The van der Waals surface area contributed by atoms with Crippen LogP contribution in [-0.4, -0.2) is 34.1 Å². The molecule has 0 radical (unpaired) electrons. The molecule has 0 aromatic heterocycles. The normalized spacial score (nSPS) is 25.3. The second kappa shape index (κ2) is 4.97. The van der Waals surface area contributed by atoms with E-state index in [1.54, 1.807) is 0 Å². The van der Waals surface area contributed by atoms with Gasteiger partial charge in [0.1, 0.15) is 0 Å². The highest BCUT2D eigenvalue weighted by Crippen LogP contribution is 2.28. The van der Waals surface area contributed by atoms with Crippen molar-refractivity contribution in [2.45, 2.75) is 64.5 Å². The number of rotatable bonds is 3. The molecule has 88 valence electrons. The molecule has 1 N–H and O–H groups in total. The number of carbonyl (C=O) groups is 1. The van der Waals surface area contributed by atoms with Gasteiger partial charge >= 0.3 is 0 Å².